The molecule has 0 fully saturated rings. The molecular weight excluding hydrogens is 369 g/mol. The number of hydrogen-bond acceptors (Lipinski definition) is 6. The van der Waals surface area contributed by atoms with Gasteiger partial charge in [-0.25, -0.2) is 4.39 Å². The molecule has 0 bridgehead atoms. The third-order valence-corrected chi connectivity index (χ3v) is 4.18. The zero-order valence-corrected chi connectivity index (χ0v) is 15.1. The molecule has 1 heterocycles. The molecule has 3 aromatic rings. The normalized spacial score (nSPS) is 10.1. The van der Waals surface area contributed by atoms with Crippen LogP contribution in [0.2, 0.25) is 0 Å². The number of hydrogen-bond donors (Lipinski definition) is 0. The van der Waals surface area contributed by atoms with Crippen molar-refractivity contribution in [3.8, 4) is 29.1 Å². The van der Waals surface area contributed by atoms with Gasteiger partial charge in [-0.15, -0.1) is 0 Å². The summed E-state index contributed by atoms with van der Waals surface area (Å²) < 4.78 is 30.1. The smallest absolute Gasteiger partial charge is 0.308 e. The minimum Gasteiger partial charge on any atom is -0.489 e. The van der Waals surface area contributed by atoms with Crippen molar-refractivity contribution in [2.75, 3.05) is 0 Å². The Balaban J connectivity index is 1.78. The van der Waals surface area contributed by atoms with E-state index in [0.29, 0.717) is 12.4 Å². The maximum atomic E-state index is 14.0. The lowest BCUT2D eigenvalue weighted by Gasteiger charge is -2.11. The average Bonchev–Trinajstić information content (AvgIpc) is 3.16. The zero-order valence-electron chi connectivity index (χ0n) is 14.3. The number of esters is 1. The molecule has 0 atom stereocenters. The topological polar surface area (TPSA) is 68.6 Å². The first-order valence-electron chi connectivity index (χ1n) is 7.89. The Morgan fingerprint density at radius 3 is 2.63 bits per heavy atom. The molecule has 0 unspecified atom stereocenters. The Morgan fingerprint density at radius 1 is 1.15 bits per heavy atom. The number of nitriles is 1. The second kappa shape index (κ2) is 8.34. The van der Waals surface area contributed by atoms with Crippen molar-refractivity contribution >= 4 is 17.3 Å². The Morgan fingerprint density at radius 2 is 1.96 bits per heavy atom. The molecule has 0 aliphatic carbocycles. The third kappa shape index (κ3) is 4.84. The van der Waals surface area contributed by atoms with Gasteiger partial charge in [0.05, 0.1) is 5.56 Å². The molecule has 0 saturated heterocycles. The van der Waals surface area contributed by atoms with E-state index in [2.05, 4.69) is 0 Å². The predicted octanol–water partition coefficient (Wildman–Crippen LogP) is 5.06. The highest BCUT2D eigenvalue weighted by atomic mass is 32.1. The molecule has 2 aromatic carbocycles. The van der Waals surface area contributed by atoms with Crippen LogP contribution in [0.1, 0.15) is 18.1 Å². The van der Waals surface area contributed by atoms with Gasteiger partial charge in [0, 0.05) is 19.1 Å². The lowest BCUT2D eigenvalue weighted by molar-refractivity contribution is -0.132. The molecule has 0 aliphatic rings. The van der Waals surface area contributed by atoms with Crippen LogP contribution in [-0.2, 0) is 11.4 Å². The van der Waals surface area contributed by atoms with E-state index in [1.54, 1.807) is 29.5 Å². The minimum atomic E-state index is -0.744. The summed E-state index contributed by atoms with van der Waals surface area (Å²) in [5, 5.41) is 13.2. The van der Waals surface area contributed by atoms with E-state index >= 15 is 0 Å². The summed E-state index contributed by atoms with van der Waals surface area (Å²) in [7, 11) is 0. The summed E-state index contributed by atoms with van der Waals surface area (Å²) in [5.41, 5.74) is 1.32. The molecule has 7 heteroatoms. The molecule has 1 aromatic heterocycles. The van der Waals surface area contributed by atoms with Gasteiger partial charge in [-0.05, 0) is 46.7 Å². The molecule has 136 valence electrons. The van der Waals surface area contributed by atoms with E-state index < -0.39 is 11.8 Å². The summed E-state index contributed by atoms with van der Waals surface area (Å²) in [6.07, 6.45) is 0. The molecule has 0 aliphatic heterocycles. The molecule has 0 amide bonds. The van der Waals surface area contributed by atoms with Crippen molar-refractivity contribution < 1.29 is 23.4 Å². The summed E-state index contributed by atoms with van der Waals surface area (Å²) in [6.45, 7) is 1.57. The Labute approximate surface area is 159 Å². The van der Waals surface area contributed by atoms with Gasteiger partial charge in [-0.3, -0.25) is 4.79 Å². The van der Waals surface area contributed by atoms with Gasteiger partial charge in [0.1, 0.15) is 29.9 Å². The third-order valence-electron chi connectivity index (χ3n) is 3.44. The average molecular weight is 383 g/mol. The van der Waals surface area contributed by atoms with Crippen molar-refractivity contribution in [2.45, 2.75) is 13.5 Å². The van der Waals surface area contributed by atoms with Crippen LogP contribution in [0.4, 0.5) is 4.39 Å². The number of rotatable bonds is 6. The standard InChI is InChI=1S/C20H14FNO4S/c1-13(23)25-19-5-4-17(8-18(19)21)26-20-9-16(3-2-15(20)10-22)24-11-14-6-7-27-12-14/h2-9,12H,11H2,1H3. The fraction of sp³-hybridized carbons (Fsp3) is 0.100. The second-order valence-corrected chi connectivity index (χ2v) is 6.26. The number of thiophene rings is 1. The molecule has 5 nitrogen and oxygen atoms in total. The van der Waals surface area contributed by atoms with E-state index in [4.69, 9.17) is 14.2 Å². The number of benzene rings is 2. The maximum absolute atomic E-state index is 14.0. The van der Waals surface area contributed by atoms with E-state index in [0.717, 1.165) is 11.6 Å². The van der Waals surface area contributed by atoms with Crippen molar-refractivity contribution in [3.05, 3.63) is 70.2 Å². The summed E-state index contributed by atoms with van der Waals surface area (Å²) in [6, 6.07) is 12.6. The van der Waals surface area contributed by atoms with E-state index in [1.165, 1.54) is 19.1 Å². The van der Waals surface area contributed by atoms with Gasteiger partial charge >= 0.3 is 5.97 Å². The largest absolute Gasteiger partial charge is 0.489 e. The quantitative estimate of drug-likeness (QED) is 0.440. The van der Waals surface area contributed by atoms with Crippen LogP contribution in [0, 0.1) is 17.1 Å². The molecule has 0 saturated carbocycles. The lowest BCUT2D eigenvalue weighted by atomic mass is 10.2. The number of carbonyl (C=O) groups excluding carboxylic acids is 1. The monoisotopic (exact) mass is 383 g/mol. The fourth-order valence-electron chi connectivity index (χ4n) is 2.22. The number of ether oxygens (including phenoxy) is 3. The Bertz CT molecular complexity index is 996. The van der Waals surface area contributed by atoms with Gasteiger partial charge in [-0.2, -0.15) is 16.6 Å². The van der Waals surface area contributed by atoms with E-state index in [1.807, 2.05) is 22.9 Å². The molecule has 0 N–H and O–H groups in total. The summed E-state index contributed by atoms with van der Waals surface area (Å²) in [5.74, 6) is -0.638. The Kier molecular flexibility index (Phi) is 5.69. The Hall–Kier alpha value is -3.37. The van der Waals surface area contributed by atoms with Crippen LogP contribution in [0.25, 0.3) is 0 Å². The van der Waals surface area contributed by atoms with Crippen molar-refractivity contribution in [3.63, 3.8) is 0 Å². The first-order valence-corrected chi connectivity index (χ1v) is 8.83. The maximum Gasteiger partial charge on any atom is 0.308 e. The van der Waals surface area contributed by atoms with E-state index in [9.17, 15) is 14.4 Å². The van der Waals surface area contributed by atoms with Crippen molar-refractivity contribution in [2.24, 2.45) is 0 Å². The molecular formula is C20H14FNO4S. The first-order chi connectivity index (χ1) is 13.0. The molecule has 0 radical (unpaired) electrons. The highest BCUT2D eigenvalue weighted by Gasteiger charge is 2.11. The van der Waals surface area contributed by atoms with Gasteiger partial charge in [0.25, 0.3) is 0 Å². The summed E-state index contributed by atoms with van der Waals surface area (Å²) in [4.78, 5) is 10.9. The first kappa shape index (κ1) is 18.4. The number of carbonyl (C=O) groups is 1. The summed E-state index contributed by atoms with van der Waals surface area (Å²) >= 11 is 1.58. The highest BCUT2D eigenvalue weighted by Crippen LogP contribution is 2.31. The van der Waals surface area contributed by atoms with Gasteiger partial charge in [0.2, 0.25) is 0 Å². The zero-order chi connectivity index (χ0) is 19.2. The van der Waals surface area contributed by atoms with Crippen LogP contribution in [0.5, 0.6) is 23.0 Å². The van der Waals surface area contributed by atoms with E-state index in [-0.39, 0.29) is 22.8 Å². The van der Waals surface area contributed by atoms with Crippen LogP contribution in [0.3, 0.4) is 0 Å². The lowest BCUT2D eigenvalue weighted by Crippen LogP contribution is -2.03. The van der Waals surface area contributed by atoms with Gasteiger partial charge in [0.15, 0.2) is 11.6 Å². The predicted molar refractivity (Wildman–Crippen MR) is 97.6 cm³/mol. The highest BCUT2D eigenvalue weighted by molar-refractivity contribution is 7.07. The van der Waals surface area contributed by atoms with Crippen molar-refractivity contribution in [1.29, 1.82) is 5.26 Å². The SMILES string of the molecule is CC(=O)Oc1ccc(Oc2cc(OCc3ccsc3)ccc2C#N)cc1F. The van der Waals surface area contributed by atoms with Crippen LogP contribution in [0.15, 0.2) is 53.2 Å². The molecule has 0 spiro atoms. The second-order valence-electron chi connectivity index (χ2n) is 5.48. The molecule has 3 rings (SSSR count). The van der Waals surface area contributed by atoms with Crippen LogP contribution in [-0.4, -0.2) is 5.97 Å². The van der Waals surface area contributed by atoms with Crippen LogP contribution >= 0.6 is 11.3 Å². The molecule has 27 heavy (non-hydrogen) atoms. The number of halogens is 1. The van der Waals surface area contributed by atoms with Gasteiger partial charge in [-0.1, -0.05) is 0 Å². The van der Waals surface area contributed by atoms with Gasteiger partial charge < -0.3 is 14.2 Å². The van der Waals surface area contributed by atoms with Crippen molar-refractivity contribution in [1.82, 2.24) is 0 Å². The minimum absolute atomic E-state index is 0.162. The van der Waals surface area contributed by atoms with Crippen LogP contribution < -0.4 is 14.2 Å². The number of nitrogens with zero attached hydrogens (tertiary/aromatic N) is 1. The fourth-order valence-corrected chi connectivity index (χ4v) is 2.87.